The molecule has 0 saturated heterocycles. The number of aliphatic hydroxyl groups is 1. The summed E-state index contributed by atoms with van der Waals surface area (Å²) in [5.41, 5.74) is 2.92. The quantitative estimate of drug-likeness (QED) is 0.681. The van der Waals surface area contributed by atoms with E-state index in [1.165, 1.54) is 5.56 Å². The van der Waals surface area contributed by atoms with Gasteiger partial charge in [0, 0.05) is 31.7 Å². The van der Waals surface area contributed by atoms with E-state index in [0.717, 1.165) is 11.3 Å². The Labute approximate surface area is 129 Å². The predicted molar refractivity (Wildman–Crippen MR) is 83.5 cm³/mol. The molecule has 2 amide bonds. The van der Waals surface area contributed by atoms with Crippen molar-refractivity contribution in [3.63, 3.8) is 0 Å². The highest BCUT2D eigenvalue weighted by Crippen LogP contribution is 2.19. The van der Waals surface area contributed by atoms with Crippen molar-refractivity contribution < 1.29 is 14.3 Å². The first-order valence-corrected chi connectivity index (χ1v) is 7.33. The third kappa shape index (κ3) is 4.89. The molecule has 0 saturated carbocycles. The average molecular weight is 303 g/mol. The van der Waals surface area contributed by atoms with E-state index in [-0.39, 0.29) is 12.6 Å². The zero-order valence-corrected chi connectivity index (χ0v) is 12.6. The fourth-order valence-electron chi connectivity index (χ4n) is 1.90. The molecule has 2 rings (SSSR count). The molecule has 118 valence electrons. The summed E-state index contributed by atoms with van der Waals surface area (Å²) < 4.78 is 5.46. The number of aromatic nitrogens is 1. The first-order valence-electron chi connectivity index (χ1n) is 7.33. The van der Waals surface area contributed by atoms with E-state index in [2.05, 4.69) is 15.6 Å². The van der Waals surface area contributed by atoms with Gasteiger partial charge in [-0.25, -0.2) is 9.78 Å². The first kappa shape index (κ1) is 16.0. The van der Waals surface area contributed by atoms with Crippen LogP contribution in [-0.2, 0) is 6.42 Å². The van der Waals surface area contributed by atoms with Gasteiger partial charge >= 0.3 is 6.03 Å². The predicted octanol–water partition coefficient (Wildman–Crippen LogP) is 1.87. The molecule has 0 aliphatic carbocycles. The molecule has 6 heteroatoms. The first-order chi connectivity index (χ1) is 10.7. The summed E-state index contributed by atoms with van der Waals surface area (Å²) >= 11 is 0. The van der Waals surface area contributed by atoms with Gasteiger partial charge in [-0.05, 0) is 25.5 Å². The molecule has 0 aliphatic heterocycles. The lowest BCUT2D eigenvalue weighted by Gasteiger charge is -2.05. The lowest BCUT2D eigenvalue weighted by atomic mass is 10.1. The molecule has 3 N–H and O–H groups in total. The van der Waals surface area contributed by atoms with Gasteiger partial charge in [-0.2, -0.15) is 0 Å². The number of nitrogens with one attached hydrogen (secondary N) is 2. The monoisotopic (exact) mass is 303 g/mol. The van der Waals surface area contributed by atoms with Crippen molar-refractivity contribution in [3.8, 4) is 11.5 Å². The summed E-state index contributed by atoms with van der Waals surface area (Å²) in [6, 6.07) is 7.72. The van der Waals surface area contributed by atoms with Crippen molar-refractivity contribution >= 4 is 6.03 Å². The van der Waals surface area contributed by atoms with Gasteiger partial charge in [0.1, 0.15) is 6.26 Å². The Morgan fingerprint density at radius 1 is 1.23 bits per heavy atom. The number of hydrogen-bond donors (Lipinski definition) is 3. The van der Waals surface area contributed by atoms with Gasteiger partial charge in [-0.3, -0.25) is 0 Å². The van der Waals surface area contributed by atoms with Gasteiger partial charge in [0.15, 0.2) is 0 Å². The number of carbonyl (C=O) groups excluding carboxylic acids is 1. The molecule has 0 fully saturated rings. The van der Waals surface area contributed by atoms with Gasteiger partial charge in [0.2, 0.25) is 5.89 Å². The highest BCUT2D eigenvalue weighted by Gasteiger charge is 2.07. The lowest BCUT2D eigenvalue weighted by molar-refractivity contribution is 0.238. The molecule has 0 atom stereocenters. The molecule has 6 nitrogen and oxygen atoms in total. The fourth-order valence-corrected chi connectivity index (χ4v) is 1.90. The number of benzene rings is 1. The Bertz CT molecular complexity index is 593. The molecule has 0 bridgehead atoms. The third-order valence-electron chi connectivity index (χ3n) is 3.14. The fraction of sp³-hybridized carbons (Fsp3) is 0.375. The summed E-state index contributed by atoms with van der Waals surface area (Å²) in [6.45, 7) is 3.04. The second-order valence-electron chi connectivity index (χ2n) is 5.02. The second kappa shape index (κ2) is 8.19. The van der Waals surface area contributed by atoms with E-state index in [0.29, 0.717) is 31.8 Å². The Kier molecular flexibility index (Phi) is 5.97. The minimum Gasteiger partial charge on any atom is -0.444 e. The molecular weight excluding hydrogens is 282 g/mol. The van der Waals surface area contributed by atoms with Crippen LogP contribution in [0.25, 0.3) is 11.5 Å². The topological polar surface area (TPSA) is 87.4 Å². The molecule has 1 aromatic carbocycles. The Hall–Kier alpha value is -2.34. The van der Waals surface area contributed by atoms with Gasteiger partial charge in [-0.15, -0.1) is 0 Å². The number of oxazole rings is 1. The normalized spacial score (nSPS) is 10.5. The van der Waals surface area contributed by atoms with Crippen molar-refractivity contribution in [1.29, 1.82) is 0 Å². The van der Waals surface area contributed by atoms with Crippen molar-refractivity contribution in [2.45, 2.75) is 19.8 Å². The Balaban J connectivity index is 1.78. The van der Waals surface area contributed by atoms with Crippen LogP contribution in [0.2, 0.25) is 0 Å². The van der Waals surface area contributed by atoms with Crippen LogP contribution in [-0.4, -0.2) is 35.8 Å². The van der Waals surface area contributed by atoms with Crippen molar-refractivity contribution in [3.05, 3.63) is 41.8 Å². The minimum atomic E-state index is -0.240. The number of hydrogen-bond acceptors (Lipinski definition) is 4. The van der Waals surface area contributed by atoms with Gasteiger partial charge in [-0.1, -0.05) is 17.7 Å². The molecule has 1 heterocycles. The van der Waals surface area contributed by atoms with Gasteiger partial charge in [0.25, 0.3) is 0 Å². The van der Waals surface area contributed by atoms with Crippen LogP contribution in [0.1, 0.15) is 17.7 Å². The number of amides is 2. The number of aryl methyl sites for hydroxylation is 1. The van der Waals surface area contributed by atoms with Crippen molar-refractivity contribution in [2.75, 3.05) is 19.7 Å². The van der Waals surface area contributed by atoms with Crippen LogP contribution < -0.4 is 10.6 Å². The van der Waals surface area contributed by atoms with Crippen LogP contribution >= 0.6 is 0 Å². The van der Waals surface area contributed by atoms with Crippen LogP contribution in [0.15, 0.2) is 34.9 Å². The third-order valence-corrected chi connectivity index (χ3v) is 3.14. The number of rotatable bonds is 7. The number of aliphatic hydroxyl groups excluding tert-OH is 1. The highest BCUT2D eigenvalue weighted by atomic mass is 16.3. The van der Waals surface area contributed by atoms with Crippen molar-refractivity contribution in [2.24, 2.45) is 0 Å². The minimum absolute atomic E-state index is 0.0704. The zero-order valence-electron chi connectivity index (χ0n) is 12.6. The summed E-state index contributed by atoms with van der Waals surface area (Å²) in [4.78, 5) is 15.8. The second-order valence-corrected chi connectivity index (χ2v) is 5.02. The average Bonchev–Trinajstić information content (AvgIpc) is 2.97. The van der Waals surface area contributed by atoms with E-state index in [4.69, 9.17) is 9.52 Å². The number of nitrogens with zero attached hydrogens (tertiary/aromatic N) is 1. The SMILES string of the molecule is Cc1ccc(-c2nc(CCNC(=O)NCCCO)co2)cc1. The number of carbonyl (C=O) groups is 1. The summed E-state index contributed by atoms with van der Waals surface area (Å²) in [5.74, 6) is 0.586. The number of urea groups is 1. The van der Waals surface area contributed by atoms with E-state index in [9.17, 15) is 4.79 Å². The Morgan fingerprint density at radius 3 is 2.68 bits per heavy atom. The summed E-state index contributed by atoms with van der Waals surface area (Å²) in [5, 5.41) is 14.0. The standard InChI is InChI=1S/C16H21N3O3/c1-12-3-5-13(6-4-12)15-19-14(11-22-15)7-9-18-16(21)17-8-2-10-20/h3-6,11,20H,2,7-10H2,1H3,(H2,17,18,21). The largest absolute Gasteiger partial charge is 0.444 e. The molecule has 0 unspecified atom stereocenters. The van der Waals surface area contributed by atoms with E-state index in [1.54, 1.807) is 6.26 Å². The van der Waals surface area contributed by atoms with Crippen LogP contribution in [0.3, 0.4) is 0 Å². The molecule has 22 heavy (non-hydrogen) atoms. The van der Waals surface area contributed by atoms with E-state index >= 15 is 0 Å². The molecule has 2 aromatic rings. The highest BCUT2D eigenvalue weighted by molar-refractivity contribution is 5.73. The maximum absolute atomic E-state index is 11.4. The molecule has 1 aromatic heterocycles. The maximum atomic E-state index is 11.4. The smallest absolute Gasteiger partial charge is 0.314 e. The summed E-state index contributed by atoms with van der Waals surface area (Å²) in [7, 11) is 0. The van der Waals surface area contributed by atoms with Gasteiger partial charge < -0.3 is 20.2 Å². The molecule has 0 radical (unpaired) electrons. The zero-order chi connectivity index (χ0) is 15.8. The van der Waals surface area contributed by atoms with E-state index in [1.807, 2.05) is 31.2 Å². The molecular formula is C16H21N3O3. The van der Waals surface area contributed by atoms with E-state index < -0.39 is 0 Å². The summed E-state index contributed by atoms with van der Waals surface area (Å²) in [6.07, 6.45) is 2.76. The van der Waals surface area contributed by atoms with Gasteiger partial charge in [0.05, 0.1) is 5.69 Å². The van der Waals surface area contributed by atoms with Crippen LogP contribution in [0.5, 0.6) is 0 Å². The molecule has 0 aliphatic rings. The molecule has 0 spiro atoms. The van der Waals surface area contributed by atoms with Crippen LogP contribution in [0.4, 0.5) is 4.79 Å². The Morgan fingerprint density at radius 2 is 1.95 bits per heavy atom. The lowest BCUT2D eigenvalue weighted by Crippen LogP contribution is -2.37. The maximum Gasteiger partial charge on any atom is 0.314 e. The van der Waals surface area contributed by atoms with Crippen LogP contribution in [0, 0.1) is 6.92 Å². The van der Waals surface area contributed by atoms with Crippen molar-refractivity contribution in [1.82, 2.24) is 15.6 Å².